The van der Waals surface area contributed by atoms with E-state index in [0.717, 1.165) is 37.0 Å². The first-order valence-corrected chi connectivity index (χ1v) is 12.6. The second kappa shape index (κ2) is 9.65. The summed E-state index contributed by atoms with van der Waals surface area (Å²) in [4.78, 5) is 34.7. The van der Waals surface area contributed by atoms with Crippen LogP contribution in [0.1, 0.15) is 55.0 Å². The van der Waals surface area contributed by atoms with Crippen LogP contribution in [0.15, 0.2) is 36.4 Å². The number of carbonyl (C=O) groups excluding carboxylic acids is 1. The van der Waals surface area contributed by atoms with Crippen molar-refractivity contribution in [2.24, 2.45) is 0 Å². The van der Waals surface area contributed by atoms with Crippen molar-refractivity contribution >= 4 is 34.6 Å². The highest BCUT2D eigenvalue weighted by Crippen LogP contribution is 2.50. The van der Waals surface area contributed by atoms with Crippen LogP contribution >= 0.6 is 22.7 Å². The molecule has 0 radical (unpaired) electrons. The predicted molar refractivity (Wildman–Crippen MR) is 131 cm³/mol. The number of benzene rings is 1. The third-order valence-electron chi connectivity index (χ3n) is 6.11. The SMILES string of the molecule is COc1ccc(C2(C(=O)N(CCCc3ccc(C)s3)Cc3nc(C(=O)O)c(C)s3)CC2)cc1. The molecule has 4 rings (SSSR count). The van der Waals surface area contributed by atoms with Gasteiger partial charge in [-0.2, -0.15) is 0 Å². The highest BCUT2D eigenvalue weighted by Gasteiger charge is 2.53. The molecule has 1 fully saturated rings. The molecule has 0 aliphatic heterocycles. The number of hydrogen-bond donors (Lipinski definition) is 1. The molecule has 6 nitrogen and oxygen atoms in total. The number of thiophene rings is 1. The van der Waals surface area contributed by atoms with E-state index >= 15 is 0 Å². The van der Waals surface area contributed by atoms with Crippen molar-refractivity contribution in [3.8, 4) is 5.75 Å². The number of carbonyl (C=O) groups is 2. The fourth-order valence-corrected chi connectivity index (χ4v) is 6.03. The van der Waals surface area contributed by atoms with E-state index in [-0.39, 0.29) is 11.6 Å². The summed E-state index contributed by atoms with van der Waals surface area (Å²) in [5, 5.41) is 10.0. The minimum atomic E-state index is -1.03. The molecule has 0 spiro atoms. The van der Waals surface area contributed by atoms with Crippen LogP contribution in [0.2, 0.25) is 0 Å². The normalized spacial score (nSPS) is 14.2. The van der Waals surface area contributed by atoms with Gasteiger partial charge < -0.3 is 14.7 Å². The van der Waals surface area contributed by atoms with Gasteiger partial charge >= 0.3 is 5.97 Å². The number of aromatic carboxylic acids is 1. The highest BCUT2D eigenvalue weighted by atomic mass is 32.1. The molecule has 1 aliphatic rings. The number of rotatable bonds is 10. The number of nitrogens with zero attached hydrogens (tertiary/aromatic N) is 2. The summed E-state index contributed by atoms with van der Waals surface area (Å²) in [7, 11) is 1.63. The van der Waals surface area contributed by atoms with Crippen molar-refractivity contribution in [1.29, 1.82) is 0 Å². The molecule has 0 atom stereocenters. The van der Waals surface area contributed by atoms with Gasteiger partial charge in [-0.15, -0.1) is 22.7 Å². The number of hydrogen-bond acceptors (Lipinski definition) is 6. The lowest BCUT2D eigenvalue weighted by atomic mass is 9.94. The van der Waals surface area contributed by atoms with Crippen molar-refractivity contribution in [3.05, 3.63) is 67.3 Å². The van der Waals surface area contributed by atoms with Crippen molar-refractivity contribution in [2.45, 2.75) is 51.5 Å². The van der Waals surface area contributed by atoms with Gasteiger partial charge in [0.2, 0.25) is 5.91 Å². The monoisotopic (exact) mass is 484 g/mol. The van der Waals surface area contributed by atoms with Gasteiger partial charge in [0.15, 0.2) is 5.69 Å². The Balaban J connectivity index is 1.54. The fraction of sp³-hybridized carbons (Fsp3) is 0.400. The van der Waals surface area contributed by atoms with Gasteiger partial charge in [0, 0.05) is 21.2 Å². The van der Waals surface area contributed by atoms with Crippen LogP contribution in [-0.2, 0) is 23.2 Å². The molecule has 33 heavy (non-hydrogen) atoms. The van der Waals surface area contributed by atoms with Crippen molar-refractivity contribution in [3.63, 3.8) is 0 Å². The van der Waals surface area contributed by atoms with Crippen molar-refractivity contribution in [2.75, 3.05) is 13.7 Å². The molecule has 1 saturated carbocycles. The Bertz CT molecular complexity index is 1150. The number of amides is 1. The molecule has 0 unspecified atom stereocenters. The molecule has 1 aliphatic carbocycles. The molecule has 2 heterocycles. The Morgan fingerprint density at radius 3 is 2.39 bits per heavy atom. The Labute approximate surface area is 201 Å². The molecule has 0 saturated heterocycles. The lowest BCUT2D eigenvalue weighted by Gasteiger charge is -2.27. The number of aryl methyl sites for hydroxylation is 3. The molecule has 3 aromatic rings. The van der Waals surface area contributed by atoms with E-state index in [4.69, 9.17) is 4.74 Å². The van der Waals surface area contributed by atoms with E-state index in [1.54, 1.807) is 25.4 Å². The molecule has 1 aromatic carbocycles. The highest BCUT2D eigenvalue weighted by molar-refractivity contribution is 7.12. The van der Waals surface area contributed by atoms with Gasteiger partial charge in [-0.1, -0.05) is 12.1 Å². The maximum absolute atomic E-state index is 13.8. The molecule has 1 N–H and O–H groups in total. The Morgan fingerprint density at radius 2 is 1.85 bits per heavy atom. The van der Waals surface area contributed by atoms with Gasteiger partial charge in [0.1, 0.15) is 10.8 Å². The lowest BCUT2D eigenvalue weighted by Crippen LogP contribution is -2.39. The lowest BCUT2D eigenvalue weighted by molar-refractivity contribution is -0.134. The summed E-state index contributed by atoms with van der Waals surface area (Å²) in [6.07, 6.45) is 3.39. The van der Waals surface area contributed by atoms with Crippen LogP contribution in [0.25, 0.3) is 0 Å². The first-order valence-electron chi connectivity index (χ1n) is 11.0. The van der Waals surface area contributed by atoms with E-state index in [2.05, 4.69) is 24.0 Å². The van der Waals surface area contributed by atoms with E-state index < -0.39 is 11.4 Å². The largest absolute Gasteiger partial charge is 0.497 e. The third kappa shape index (κ3) is 5.12. The molecule has 0 bridgehead atoms. The van der Waals surface area contributed by atoms with E-state index in [0.29, 0.717) is 23.0 Å². The maximum Gasteiger partial charge on any atom is 0.355 e. The molecule has 8 heteroatoms. The Kier molecular flexibility index (Phi) is 6.86. The van der Waals surface area contributed by atoms with Crippen molar-refractivity contribution < 1.29 is 19.4 Å². The first kappa shape index (κ1) is 23.4. The van der Waals surface area contributed by atoms with E-state index in [1.165, 1.54) is 21.1 Å². The number of methoxy groups -OCH3 is 1. The van der Waals surface area contributed by atoms with Gasteiger partial charge in [-0.25, -0.2) is 9.78 Å². The zero-order chi connectivity index (χ0) is 23.6. The second-order valence-corrected chi connectivity index (χ2v) is 11.1. The maximum atomic E-state index is 13.8. The first-order chi connectivity index (χ1) is 15.8. The average Bonchev–Trinajstić information content (AvgIpc) is 3.38. The van der Waals surface area contributed by atoms with Gasteiger partial charge in [-0.3, -0.25) is 4.79 Å². The minimum Gasteiger partial charge on any atom is -0.497 e. The zero-order valence-electron chi connectivity index (χ0n) is 19.1. The number of carboxylic acid groups (broad SMARTS) is 1. The second-order valence-electron chi connectivity index (χ2n) is 8.47. The summed E-state index contributed by atoms with van der Waals surface area (Å²) in [5.41, 5.74) is 0.578. The van der Waals surface area contributed by atoms with Gasteiger partial charge in [0.05, 0.1) is 19.1 Å². The summed E-state index contributed by atoms with van der Waals surface area (Å²) in [6, 6.07) is 12.0. The van der Waals surface area contributed by atoms with Crippen LogP contribution in [0.5, 0.6) is 5.75 Å². The van der Waals surface area contributed by atoms with Crippen LogP contribution < -0.4 is 4.74 Å². The van der Waals surface area contributed by atoms with Gasteiger partial charge in [0.25, 0.3) is 0 Å². The number of ether oxygens (including phenoxy) is 1. The molecular weight excluding hydrogens is 456 g/mol. The molecule has 2 aromatic heterocycles. The Morgan fingerprint density at radius 1 is 1.12 bits per heavy atom. The number of carboxylic acids is 1. The topological polar surface area (TPSA) is 79.7 Å². The van der Waals surface area contributed by atoms with E-state index in [9.17, 15) is 14.7 Å². The smallest absolute Gasteiger partial charge is 0.355 e. The minimum absolute atomic E-state index is 0.0766. The molecule has 174 valence electrons. The summed E-state index contributed by atoms with van der Waals surface area (Å²) >= 11 is 3.14. The van der Waals surface area contributed by atoms with Crippen molar-refractivity contribution in [1.82, 2.24) is 9.88 Å². The number of thiazole rings is 1. The summed E-state index contributed by atoms with van der Waals surface area (Å²) < 4.78 is 5.27. The van der Waals surface area contributed by atoms with Crippen LogP contribution in [0, 0.1) is 13.8 Å². The standard InChI is InChI=1S/C25H28N2O4S2/c1-16-6-11-20(32-16)5-4-14-27(15-21-26-22(23(28)29)17(2)33-21)24(30)25(12-13-25)18-7-9-19(31-3)10-8-18/h6-11H,4-5,12-15H2,1-3H3,(H,28,29). The van der Waals surface area contributed by atoms with Crippen LogP contribution in [-0.4, -0.2) is 40.5 Å². The fourth-order valence-electron chi connectivity index (χ4n) is 4.16. The van der Waals surface area contributed by atoms with Crippen LogP contribution in [0.3, 0.4) is 0 Å². The Hall–Kier alpha value is -2.71. The molecule has 1 amide bonds. The quantitative estimate of drug-likeness (QED) is 0.427. The summed E-state index contributed by atoms with van der Waals surface area (Å²) in [6.45, 7) is 4.80. The van der Waals surface area contributed by atoms with Crippen LogP contribution in [0.4, 0.5) is 0 Å². The average molecular weight is 485 g/mol. The number of aromatic nitrogens is 1. The molecular formula is C25H28N2O4S2. The third-order valence-corrected chi connectivity index (χ3v) is 8.12. The summed E-state index contributed by atoms with van der Waals surface area (Å²) in [5.74, 6) is -0.165. The predicted octanol–water partition coefficient (Wildman–Crippen LogP) is 5.22. The zero-order valence-corrected chi connectivity index (χ0v) is 20.7. The van der Waals surface area contributed by atoms with E-state index in [1.807, 2.05) is 29.2 Å². The van der Waals surface area contributed by atoms with Gasteiger partial charge in [-0.05, 0) is 69.4 Å².